The molecule has 142 valence electrons. The number of pyridine rings is 1. The minimum atomic E-state index is -4.82. The third kappa shape index (κ3) is 3.76. The topological polar surface area (TPSA) is 59.8 Å². The van der Waals surface area contributed by atoms with Gasteiger partial charge in [-0.3, -0.25) is 9.36 Å². The first kappa shape index (κ1) is 18.8. The molecule has 1 atom stereocenters. The highest BCUT2D eigenvalue weighted by molar-refractivity contribution is 5.75. The number of hydrogen-bond donors (Lipinski definition) is 1. The first-order valence-electron chi connectivity index (χ1n) is 8.22. The molecule has 1 unspecified atom stereocenters. The third-order valence-corrected chi connectivity index (χ3v) is 4.23. The summed E-state index contributed by atoms with van der Waals surface area (Å²) in [5.74, 6) is -1.36. The van der Waals surface area contributed by atoms with Crippen LogP contribution < -0.4 is 10.9 Å². The zero-order valence-electron chi connectivity index (χ0n) is 14.5. The Morgan fingerprint density at radius 2 is 1.96 bits per heavy atom. The van der Waals surface area contributed by atoms with Gasteiger partial charge in [-0.25, -0.2) is 9.37 Å². The minimum absolute atomic E-state index is 0.00452. The summed E-state index contributed by atoms with van der Waals surface area (Å²) in [5, 5.41) is 3.26. The molecule has 0 saturated carbocycles. The maximum absolute atomic E-state index is 13.4. The van der Waals surface area contributed by atoms with Crippen molar-refractivity contribution in [2.45, 2.75) is 32.5 Å². The second-order valence-electron chi connectivity index (χ2n) is 6.09. The van der Waals surface area contributed by atoms with Gasteiger partial charge in [0.25, 0.3) is 5.56 Å². The van der Waals surface area contributed by atoms with Gasteiger partial charge in [-0.05, 0) is 37.6 Å². The van der Waals surface area contributed by atoms with Gasteiger partial charge in [-0.2, -0.15) is 18.2 Å². The molecule has 0 radical (unpaired) electrons. The first-order valence-corrected chi connectivity index (χ1v) is 8.22. The number of nitrogens with one attached hydrogen (secondary N) is 1. The fourth-order valence-electron chi connectivity index (χ4n) is 2.66. The summed E-state index contributed by atoms with van der Waals surface area (Å²) in [6.07, 6.45) is -2.65. The van der Waals surface area contributed by atoms with E-state index in [1.807, 2.05) is 13.8 Å². The van der Waals surface area contributed by atoms with Crippen molar-refractivity contribution in [2.24, 2.45) is 0 Å². The van der Waals surface area contributed by atoms with Crippen LogP contribution in [0.3, 0.4) is 0 Å². The van der Waals surface area contributed by atoms with Gasteiger partial charge in [0.2, 0.25) is 5.95 Å². The second kappa shape index (κ2) is 6.98. The molecule has 0 amide bonds. The van der Waals surface area contributed by atoms with E-state index in [1.54, 1.807) is 6.07 Å². The van der Waals surface area contributed by atoms with Crippen molar-refractivity contribution in [3.8, 4) is 0 Å². The molecule has 0 aliphatic heterocycles. The predicted molar refractivity (Wildman–Crippen MR) is 93.5 cm³/mol. The molecule has 0 saturated heterocycles. The Kier molecular flexibility index (Phi) is 4.86. The van der Waals surface area contributed by atoms with Crippen LogP contribution in [0.4, 0.5) is 29.2 Å². The van der Waals surface area contributed by atoms with E-state index in [9.17, 15) is 22.4 Å². The number of anilines is 2. The summed E-state index contributed by atoms with van der Waals surface area (Å²) in [6.45, 7) is 3.79. The number of nitrogens with zero attached hydrogens (tertiary/aromatic N) is 3. The molecule has 3 aromatic rings. The van der Waals surface area contributed by atoms with E-state index >= 15 is 0 Å². The van der Waals surface area contributed by atoms with Crippen molar-refractivity contribution in [1.29, 1.82) is 0 Å². The molecule has 27 heavy (non-hydrogen) atoms. The SMILES string of the molecule is CCC(C)n1c(=O)ccc2cnc(Nc3ccc(F)c(C(F)(F)F)c3)nc21. The Balaban J connectivity index is 2.05. The average molecular weight is 380 g/mol. The van der Waals surface area contributed by atoms with Crippen molar-refractivity contribution in [3.63, 3.8) is 0 Å². The van der Waals surface area contributed by atoms with Gasteiger partial charge in [0.05, 0.1) is 5.56 Å². The first-order chi connectivity index (χ1) is 12.7. The predicted octanol–water partition coefficient (Wildman–Crippen LogP) is 4.66. The van der Waals surface area contributed by atoms with E-state index in [-0.39, 0.29) is 23.2 Å². The lowest BCUT2D eigenvalue weighted by molar-refractivity contribution is -0.139. The van der Waals surface area contributed by atoms with Crippen LogP contribution in [0.15, 0.2) is 41.3 Å². The van der Waals surface area contributed by atoms with Gasteiger partial charge in [0.1, 0.15) is 11.5 Å². The molecule has 0 fully saturated rings. The van der Waals surface area contributed by atoms with Crippen LogP contribution >= 0.6 is 0 Å². The number of hydrogen-bond acceptors (Lipinski definition) is 4. The molecule has 1 aromatic carbocycles. The maximum Gasteiger partial charge on any atom is 0.419 e. The van der Waals surface area contributed by atoms with Gasteiger partial charge in [0.15, 0.2) is 0 Å². The van der Waals surface area contributed by atoms with E-state index in [2.05, 4.69) is 15.3 Å². The molecule has 0 bridgehead atoms. The van der Waals surface area contributed by atoms with Crippen LogP contribution in [0.25, 0.3) is 11.0 Å². The molecule has 5 nitrogen and oxygen atoms in total. The lowest BCUT2D eigenvalue weighted by atomic mass is 10.2. The van der Waals surface area contributed by atoms with Gasteiger partial charge in [-0.15, -0.1) is 0 Å². The highest BCUT2D eigenvalue weighted by Gasteiger charge is 2.34. The molecule has 9 heteroatoms. The highest BCUT2D eigenvalue weighted by Crippen LogP contribution is 2.33. The second-order valence-corrected chi connectivity index (χ2v) is 6.09. The molecule has 0 aliphatic rings. The lowest BCUT2D eigenvalue weighted by Gasteiger charge is -2.16. The van der Waals surface area contributed by atoms with Gasteiger partial charge >= 0.3 is 6.18 Å². The van der Waals surface area contributed by atoms with E-state index in [0.717, 1.165) is 12.1 Å². The number of aromatic nitrogens is 3. The molecule has 2 heterocycles. The van der Waals surface area contributed by atoms with Crippen LogP contribution in [0.1, 0.15) is 31.9 Å². The maximum atomic E-state index is 13.4. The summed E-state index contributed by atoms with van der Waals surface area (Å²) >= 11 is 0. The van der Waals surface area contributed by atoms with Crippen LogP contribution in [-0.4, -0.2) is 14.5 Å². The normalized spacial score (nSPS) is 13.0. The smallest absolute Gasteiger partial charge is 0.324 e. The number of benzene rings is 1. The zero-order valence-corrected chi connectivity index (χ0v) is 14.5. The monoisotopic (exact) mass is 380 g/mol. The number of fused-ring (bicyclic) bond motifs is 1. The molecular formula is C18H16F4N4O. The van der Waals surface area contributed by atoms with Gasteiger partial charge < -0.3 is 5.32 Å². The number of alkyl halides is 3. The van der Waals surface area contributed by atoms with Crippen LogP contribution in [-0.2, 0) is 6.18 Å². The van der Waals surface area contributed by atoms with Crippen LogP contribution in [0.2, 0.25) is 0 Å². The molecule has 3 rings (SSSR count). The molecule has 0 spiro atoms. The summed E-state index contributed by atoms with van der Waals surface area (Å²) in [4.78, 5) is 20.6. The number of halogens is 4. The van der Waals surface area contributed by atoms with E-state index in [0.29, 0.717) is 23.5 Å². The Labute approximate surface area is 151 Å². The van der Waals surface area contributed by atoms with E-state index in [4.69, 9.17) is 0 Å². The Morgan fingerprint density at radius 1 is 1.22 bits per heavy atom. The van der Waals surface area contributed by atoms with Gasteiger partial charge in [-0.1, -0.05) is 6.92 Å². The molecule has 0 aliphatic carbocycles. The van der Waals surface area contributed by atoms with Crippen molar-refractivity contribution in [3.05, 3.63) is 58.3 Å². The summed E-state index contributed by atoms with van der Waals surface area (Å²) < 4.78 is 53.5. The third-order valence-electron chi connectivity index (χ3n) is 4.23. The summed E-state index contributed by atoms with van der Waals surface area (Å²) in [5.41, 5.74) is -1.27. The van der Waals surface area contributed by atoms with E-state index in [1.165, 1.54) is 16.8 Å². The van der Waals surface area contributed by atoms with Crippen molar-refractivity contribution in [1.82, 2.24) is 14.5 Å². The Bertz CT molecular complexity index is 1050. The van der Waals surface area contributed by atoms with E-state index < -0.39 is 17.6 Å². The average Bonchev–Trinajstić information content (AvgIpc) is 2.61. The standard InChI is InChI=1S/C18H16F4N4O/c1-3-10(2)26-15(27)7-4-11-9-23-17(25-16(11)26)24-12-5-6-14(19)13(8-12)18(20,21)22/h4-10H,3H2,1-2H3,(H,23,24,25). The van der Waals surface area contributed by atoms with Crippen molar-refractivity contribution < 1.29 is 17.6 Å². The highest BCUT2D eigenvalue weighted by atomic mass is 19.4. The largest absolute Gasteiger partial charge is 0.419 e. The van der Waals surface area contributed by atoms with Crippen LogP contribution in [0.5, 0.6) is 0 Å². The summed E-state index contributed by atoms with van der Waals surface area (Å²) in [7, 11) is 0. The Hall–Kier alpha value is -2.97. The molecule has 1 N–H and O–H groups in total. The van der Waals surface area contributed by atoms with Crippen molar-refractivity contribution in [2.75, 3.05) is 5.32 Å². The Morgan fingerprint density at radius 3 is 2.63 bits per heavy atom. The van der Waals surface area contributed by atoms with Crippen LogP contribution in [0, 0.1) is 5.82 Å². The fourth-order valence-corrected chi connectivity index (χ4v) is 2.66. The van der Waals surface area contributed by atoms with Gasteiger partial charge in [0, 0.05) is 29.4 Å². The van der Waals surface area contributed by atoms with Crippen molar-refractivity contribution >= 4 is 22.7 Å². The minimum Gasteiger partial charge on any atom is -0.324 e. The fraction of sp³-hybridized carbons (Fsp3) is 0.278. The molecule has 2 aromatic heterocycles. The lowest BCUT2D eigenvalue weighted by Crippen LogP contribution is -2.23. The quantitative estimate of drug-likeness (QED) is 0.669. The summed E-state index contributed by atoms with van der Waals surface area (Å²) in [6, 6.07) is 5.41. The zero-order chi connectivity index (χ0) is 19.8. The molecular weight excluding hydrogens is 364 g/mol. The number of rotatable bonds is 4.